The lowest BCUT2D eigenvalue weighted by molar-refractivity contribution is 0.0953. The number of fused-ring (bicyclic) bond motifs is 1. The molecule has 0 spiro atoms. The first-order valence-electron chi connectivity index (χ1n) is 13.1. The van der Waals surface area contributed by atoms with Crippen molar-refractivity contribution < 1.29 is 4.79 Å². The summed E-state index contributed by atoms with van der Waals surface area (Å²) in [6.07, 6.45) is 8.07. The molecule has 8 nitrogen and oxygen atoms in total. The topological polar surface area (TPSA) is 92.1 Å². The Balaban J connectivity index is 1.72. The summed E-state index contributed by atoms with van der Waals surface area (Å²) in [4.78, 5) is 36.8. The van der Waals surface area contributed by atoms with Gasteiger partial charge >= 0.3 is 0 Å². The average Bonchev–Trinajstić information content (AvgIpc) is 2.86. The van der Waals surface area contributed by atoms with Crippen LogP contribution in [0.1, 0.15) is 67.9 Å². The number of nitrogens with zero attached hydrogens (tertiary/aromatic N) is 4. The highest BCUT2D eigenvalue weighted by atomic mass is 16.1. The zero-order valence-corrected chi connectivity index (χ0v) is 22.1. The first-order valence-corrected chi connectivity index (χ1v) is 13.1. The molecule has 8 heteroatoms. The average molecular weight is 493 g/mol. The third kappa shape index (κ3) is 7.62. The fourth-order valence-electron chi connectivity index (χ4n) is 4.16. The summed E-state index contributed by atoms with van der Waals surface area (Å²) in [5, 5.41) is 7.09. The Morgan fingerprint density at radius 1 is 0.917 bits per heavy atom. The highest BCUT2D eigenvalue weighted by molar-refractivity contribution is 5.94. The van der Waals surface area contributed by atoms with Gasteiger partial charge in [0.25, 0.3) is 11.5 Å². The third-order valence-corrected chi connectivity index (χ3v) is 6.21. The van der Waals surface area contributed by atoms with E-state index in [1.54, 1.807) is 34.9 Å². The van der Waals surface area contributed by atoms with E-state index in [4.69, 9.17) is 0 Å². The molecule has 1 amide bonds. The summed E-state index contributed by atoms with van der Waals surface area (Å²) in [7, 11) is 4.08. The Morgan fingerprint density at radius 2 is 1.64 bits per heavy atom. The summed E-state index contributed by atoms with van der Waals surface area (Å²) in [5.74, 6) is 0.409. The van der Waals surface area contributed by atoms with Crippen LogP contribution in [0, 0.1) is 6.92 Å². The predicted octanol–water partition coefficient (Wildman–Crippen LogP) is 4.54. The van der Waals surface area contributed by atoms with Gasteiger partial charge in [-0.25, -0.2) is 4.98 Å². The number of amides is 1. The maximum Gasteiger partial charge on any atom is 0.256 e. The van der Waals surface area contributed by atoms with Crippen LogP contribution in [0.2, 0.25) is 0 Å². The lowest BCUT2D eigenvalue weighted by Crippen LogP contribution is -2.24. The number of rotatable bonds is 14. The van der Waals surface area contributed by atoms with Gasteiger partial charge in [-0.2, -0.15) is 4.98 Å². The molecule has 0 aliphatic carbocycles. The number of aromatic nitrogens is 3. The van der Waals surface area contributed by atoms with E-state index in [-0.39, 0.29) is 11.5 Å². The van der Waals surface area contributed by atoms with E-state index in [0.717, 1.165) is 43.4 Å². The fraction of sp³-hybridized carbons (Fsp3) is 0.500. The van der Waals surface area contributed by atoms with Crippen LogP contribution in [0.5, 0.6) is 0 Å². The van der Waals surface area contributed by atoms with Gasteiger partial charge in [0.15, 0.2) is 5.65 Å². The zero-order valence-electron chi connectivity index (χ0n) is 22.1. The van der Waals surface area contributed by atoms with Crippen LogP contribution in [-0.2, 0) is 0 Å². The lowest BCUT2D eigenvalue weighted by Gasteiger charge is -2.14. The molecule has 0 radical (unpaired) electrons. The Morgan fingerprint density at radius 3 is 2.36 bits per heavy atom. The Kier molecular flexibility index (Phi) is 10.4. The molecule has 3 aromatic rings. The van der Waals surface area contributed by atoms with Gasteiger partial charge in [0.05, 0.1) is 11.4 Å². The molecule has 1 aromatic carbocycles. The number of aryl methyl sites for hydroxylation is 1. The molecule has 0 atom stereocenters. The smallest absolute Gasteiger partial charge is 0.256 e. The van der Waals surface area contributed by atoms with Crippen molar-refractivity contribution in [2.45, 2.75) is 58.8 Å². The second kappa shape index (κ2) is 13.7. The number of anilines is 1. The van der Waals surface area contributed by atoms with Crippen LogP contribution in [0.3, 0.4) is 0 Å². The molecule has 0 saturated heterocycles. The number of pyridine rings is 1. The number of hydrogen-bond donors (Lipinski definition) is 2. The van der Waals surface area contributed by atoms with Crippen LogP contribution in [0.4, 0.5) is 5.95 Å². The minimum absolute atomic E-state index is 0.0947. The summed E-state index contributed by atoms with van der Waals surface area (Å²) in [5.41, 5.74) is 2.40. The molecular weight excluding hydrogens is 452 g/mol. The first-order chi connectivity index (χ1) is 17.4. The molecule has 2 heterocycles. The molecule has 2 aromatic heterocycles. The minimum Gasteiger partial charge on any atom is -0.354 e. The number of carbonyl (C=O) groups is 1. The normalized spacial score (nSPS) is 11.2. The van der Waals surface area contributed by atoms with E-state index >= 15 is 0 Å². The van der Waals surface area contributed by atoms with Crippen molar-refractivity contribution in [2.75, 3.05) is 39.0 Å². The van der Waals surface area contributed by atoms with Crippen molar-refractivity contribution in [3.05, 3.63) is 58.0 Å². The van der Waals surface area contributed by atoms with E-state index < -0.39 is 0 Å². The number of nitrogens with one attached hydrogen (secondary N) is 2. The SMILES string of the molecule is CCCCCCCCNC(=O)c1ccc(-n2c(=O)ccc3c(C)nc(NCCCN(C)C)nc32)cc1. The molecule has 0 fully saturated rings. The first kappa shape index (κ1) is 27.3. The predicted molar refractivity (Wildman–Crippen MR) is 147 cm³/mol. The number of hydrogen-bond acceptors (Lipinski definition) is 6. The highest BCUT2D eigenvalue weighted by Crippen LogP contribution is 2.19. The fourth-order valence-corrected chi connectivity index (χ4v) is 4.16. The monoisotopic (exact) mass is 492 g/mol. The lowest BCUT2D eigenvalue weighted by atomic mass is 10.1. The van der Waals surface area contributed by atoms with Crippen molar-refractivity contribution in [2.24, 2.45) is 0 Å². The molecule has 0 aliphatic rings. The second-order valence-electron chi connectivity index (χ2n) is 9.53. The summed E-state index contributed by atoms with van der Waals surface area (Å²) in [6, 6.07) is 10.4. The zero-order chi connectivity index (χ0) is 25.9. The molecule has 2 N–H and O–H groups in total. The van der Waals surface area contributed by atoms with Gasteiger partial charge in [0.2, 0.25) is 5.95 Å². The molecule has 0 aliphatic heterocycles. The maximum atomic E-state index is 12.9. The van der Waals surface area contributed by atoms with Gasteiger partial charge in [0.1, 0.15) is 0 Å². The Labute approximate surface area is 214 Å². The van der Waals surface area contributed by atoms with Crippen LogP contribution < -0.4 is 16.2 Å². The van der Waals surface area contributed by atoms with E-state index in [0.29, 0.717) is 29.4 Å². The van der Waals surface area contributed by atoms with Crippen LogP contribution in [0.15, 0.2) is 41.2 Å². The van der Waals surface area contributed by atoms with Gasteiger partial charge < -0.3 is 15.5 Å². The van der Waals surface area contributed by atoms with Crippen LogP contribution in [-0.4, -0.2) is 59.1 Å². The largest absolute Gasteiger partial charge is 0.354 e. The van der Waals surface area contributed by atoms with Crippen molar-refractivity contribution in [1.82, 2.24) is 24.8 Å². The molecule has 36 heavy (non-hydrogen) atoms. The molecular formula is C28H40N6O2. The van der Waals surface area contributed by atoms with Gasteiger partial charge in [-0.1, -0.05) is 39.0 Å². The summed E-state index contributed by atoms with van der Waals surface area (Å²) >= 11 is 0. The molecule has 3 rings (SSSR count). The van der Waals surface area contributed by atoms with Crippen molar-refractivity contribution in [3.8, 4) is 5.69 Å². The van der Waals surface area contributed by atoms with Crippen LogP contribution >= 0.6 is 0 Å². The van der Waals surface area contributed by atoms with Gasteiger partial charge in [-0.3, -0.25) is 14.2 Å². The van der Waals surface area contributed by atoms with Crippen molar-refractivity contribution in [3.63, 3.8) is 0 Å². The molecule has 0 unspecified atom stereocenters. The Bertz CT molecular complexity index is 1190. The van der Waals surface area contributed by atoms with Crippen molar-refractivity contribution >= 4 is 22.9 Å². The summed E-state index contributed by atoms with van der Waals surface area (Å²) in [6.45, 7) is 6.50. The third-order valence-electron chi connectivity index (χ3n) is 6.21. The number of carbonyl (C=O) groups excluding carboxylic acids is 1. The minimum atomic E-state index is -0.181. The number of benzene rings is 1. The highest BCUT2D eigenvalue weighted by Gasteiger charge is 2.13. The summed E-state index contributed by atoms with van der Waals surface area (Å²) < 4.78 is 1.58. The van der Waals surface area contributed by atoms with Gasteiger partial charge in [-0.15, -0.1) is 0 Å². The van der Waals surface area contributed by atoms with Gasteiger partial charge in [0, 0.05) is 30.1 Å². The molecule has 0 saturated carbocycles. The molecule has 0 bridgehead atoms. The Hall–Kier alpha value is -3.26. The quantitative estimate of drug-likeness (QED) is 0.321. The second-order valence-corrected chi connectivity index (χ2v) is 9.53. The van der Waals surface area contributed by atoms with Crippen molar-refractivity contribution in [1.29, 1.82) is 0 Å². The van der Waals surface area contributed by atoms with E-state index in [1.807, 2.05) is 21.0 Å². The molecule has 194 valence electrons. The maximum absolute atomic E-state index is 12.9. The van der Waals surface area contributed by atoms with E-state index in [9.17, 15) is 9.59 Å². The van der Waals surface area contributed by atoms with E-state index in [2.05, 4.69) is 32.4 Å². The van der Waals surface area contributed by atoms with Gasteiger partial charge in [-0.05, 0) is 70.7 Å². The van der Waals surface area contributed by atoms with Crippen LogP contribution in [0.25, 0.3) is 16.7 Å². The van der Waals surface area contributed by atoms with E-state index in [1.165, 1.54) is 31.7 Å². The number of unbranched alkanes of at least 4 members (excludes halogenated alkanes) is 5. The standard InChI is InChI=1S/C28H40N6O2/c1-5-6-7-8-9-10-18-29-27(36)22-12-14-23(15-13-22)34-25(35)17-16-24-21(2)31-28(32-26(24)34)30-19-11-20-33(3)4/h12-17H,5-11,18-20H2,1-4H3,(H,29,36)(H,30,31,32).